The van der Waals surface area contributed by atoms with E-state index in [2.05, 4.69) is 0 Å². The Labute approximate surface area is 129 Å². The molecule has 0 aliphatic carbocycles. The van der Waals surface area contributed by atoms with Crippen molar-refractivity contribution in [2.24, 2.45) is 0 Å². The summed E-state index contributed by atoms with van der Waals surface area (Å²) < 4.78 is 36.3. The highest BCUT2D eigenvalue weighted by Gasteiger charge is 2.26. The number of rotatable bonds is 9. The largest absolute Gasteiger partial charge is 0.383 e. The number of hydrogen-bond donors (Lipinski definition) is 0. The Balaban J connectivity index is 3.18. The first-order valence-electron chi connectivity index (χ1n) is 6.57. The normalized spacial score (nSPS) is 11.8. The fourth-order valence-electron chi connectivity index (χ4n) is 1.83. The monoisotopic (exact) mass is 332 g/mol. The molecule has 0 aliphatic rings. The maximum absolute atomic E-state index is 12.6. The summed E-state index contributed by atoms with van der Waals surface area (Å²) in [4.78, 5) is 10.3. The summed E-state index contributed by atoms with van der Waals surface area (Å²) in [7, 11) is -0.909. The summed E-state index contributed by atoms with van der Waals surface area (Å²) in [5.41, 5.74) is 0.184. The molecular weight excluding hydrogens is 312 g/mol. The van der Waals surface area contributed by atoms with Gasteiger partial charge in [-0.15, -0.1) is 0 Å². The van der Waals surface area contributed by atoms with Gasteiger partial charge in [-0.25, -0.2) is 8.42 Å². The number of aryl methyl sites for hydroxylation is 1. The van der Waals surface area contributed by atoms with Crippen LogP contribution in [-0.4, -0.2) is 58.2 Å². The first-order chi connectivity index (χ1) is 10.3. The van der Waals surface area contributed by atoms with Gasteiger partial charge in [0.15, 0.2) is 0 Å². The molecule has 1 aromatic rings. The zero-order chi connectivity index (χ0) is 16.8. The van der Waals surface area contributed by atoms with Crippen LogP contribution >= 0.6 is 0 Å². The molecule has 1 rings (SSSR count). The van der Waals surface area contributed by atoms with Crippen molar-refractivity contribution in [1.82, 2.24) is 4.31 Å². The Kier molecular flexibility index (Phi) is 6.88. The molecule has 0 amide bonds. The number of nitro groups is 1. The standard InChI is InChI=1S/C13H20N2O6S/c1-11-4-5-12(10-13(11)15(16)17)22(18,19)14(6-8-20-2)7-9-21-3/h4-5,10H,6-9H2,1-3H3. The highest BCUT2D eigenvalue weighted by atomic mass is 32.2. The van der Waals surface area contributed by atoms with E-state index in [0.717, 1.165) is 6.07 Å². The van der Waals surface area contributed by atoms with Crippen molar-refractivity contribution in [3.63, 3.8) is 0 Å². The number of nitro benzene ring substituents is 1. The molecule has 0 atom stereocenters. The predicted molar refractivity (Wildman–Crippen MR) is 80.3 cm³/mol. The van der Waals surface area contributed by atoms with Crippen molar-refractivity contribution < 1.29 is 22.8 Å². The van der Waals surface area contributed by atoms with Crippen LogP contribution in [0.25, 0.3) is 0 Å². The lowest BCUT2D eigenvalue weighted by atomic mass is 10.2. The lowest BCUT2D eigenvalue weighted by molar-refractivity contribution is -0.385. The van der Waals surface area contributed by atoms with Gasteiger partial charge in [-0.05, 0) is 13.0 Å². The second-order valence-electron chi connectivity index (χ2n) is 4.60. The molecular formula is C13H20N2O6S. The van der Waals surface area contributed by atoms with Crippen LogP contribution in [0.4, 0.5) is 5.69 Å². The van der Waals surface area contributed by atoms with Crippen LogP contribution in [0, 0.1) is 17.0 Å². The van der Waals surface area contributed by atoms with Crippen molar-refractivity contribution in [3.8, 4) is 0 Å². The molecule has 0 saturated carbocycles. The van der Waals surface area contributed by atoms with E-state index in [1.807, 2.05) is 0 Å². The predicted octanol–water partition coefficient (Wildman–Crippen LogP) is 1.19. The smallest absolute Gasteiger partial charge is 0.273 e. The number of benzene rings is 1. The summed E-state index contributed by atoms with van der Waals surface area (Å²) in [5.74, 6) is 0. The Morgan fingerprint density at radius 1 is 1.18 bits per heavy atom. The second-order valence-corrected chi connectivity index (χ2v) is 6.53. The minimum Gasteiger partial charge on any atom is -0.383 e. The average Bonchev–Trinajstić information content (AvgIpc) is 2.47. The molecule has 0 unspecified atom stereocenters. The van der Waals surface area contributed by atoms with E-state index in [0.29, 0.717) is 5.56 Å². The third-order valence-corrected chi connectivity index (χ3v) is 5.00. The lowest BCUT2D eigenvalue weighted by Crippen LogP contribution is -2.36. The molecule has 0 bridgehead atoms. The Morgan fingerprint density at radius 2 is 1.73 bits per heavy atom. The zero-order valence-electron chi connectivity index (χ0n) is 12.8. The van der Waals surface area contributed by atoms with Crippen molar-refractivity contribution >= 4 is 15.7 Å². The molecule has 1 aromatic carbocycles. The van der Waals surface area contributed by atoms with Crippen LogP contribution in [-0.2, 0) is 19.5 Å². The maximum Gasteiger partial charge on any atom is 0.273 e. The molecule has 9 heteroatoms. The van der Waals surface area contributed by atoms with Crippen molar-refractivity contribution in [2.45, 2.75) is 11.8 Å². The van der Waals surface area contributed by atoms with Gasteiger partial charge in [-0.3, -0.25) is 10.1 Å². The van der Waals surface area contributed by atoms with Crippen LogP contribution in [0.3, 0.4) is 0 Å². The topological polar surface area (TPSA) is 99.0 Å². The van der Waals surface area contributed by atoms with E-state index in [1.165, 1.54) is 30.7 Å². The quantitative estimate of drug-likeness (QED) is 0.497. The zero-order valence-corrected chi connectivity index (χ0v) is 13.6. The van der Waals surface area contributed by atoms with Gasteiger partial charge in [0.25, 0.3) is 5.69 Å². The summed E-state index contributed by atoms with van der Waals surface area (Å²) in [6.07, 6.45) is 0. The fourth-order valence-corrected chi connectivity index (χ4v) is 3.26. The summed E-state index contributed by atoms with van der Waals surface area (Å²) >= 11 is 0. The maximum atomic E-state index is 12.6. The molecule has 0 N–H and O–H groups in total. The van der Waals surface area contributed by atoms with Gasteiger partial charge in [0.1, 0.15) is 0 Å². The van der Waals surface area contributed by atoms with E-state index in [-0.39, 0.29) is 36.9 Å². The molecule has 0 aliphatic heterocycles. The first-order valence-corrected chi connectivity index (χ1v) is 8.01. The number of sulfonamides is 1. The van der Waals surface area contributed by atoms with Crippen molar-refractivity contribution in [3.05, 3.63) is 33.9 Å². The molecule has 0 spiro atoms. The third kappa shape index (κ3) is 4.47. The average molecular weight is 332 g/mol. The molecule has 8 nitrogen and oxygen atoms in total. The van der Waals surface area contributed by atoms with Crippen molar-refractivity contribution in [2.75, 3.05) is 40.5 Å². The number of hydrogen-bond acceptors (Lipinski definition) is 6. The van der Waals surface area contributed by atoms with Gasteiger partial charge in [0.05, 0.1) is 23.0 Å². The summed E-state index contributed by atoms with van der Waals surface area (Å²) in [5, 5.41) is 11.0. The van der Waals surface area contributed by atoms with E-state index in [4.69, 9.17) is 9.47 Å². The van der Waals surface area contributed by atoms with E-state index >= 15 is 0 Å². The number of nitrogens with zero attached hydrogens (tertiary/aromatic N) is 2. The number of ether oxygens (including phenoxy) is 2. The Morgan fingerprint density at radius 3 is 2.18 bits per heavy atom. The Bertz CT molecular complexity index is 609. The molecule has 22 heavy (non-hydrogen) atoms. The third-order valence-electron chi connectivity index (χ3n) is 3.10. The van der Waals surface area contributed by atoms with Gasteiger partial charge < -0.3 is 9.47 Å². The highest BCUT2D eigenvalue weighted by molar-refractivity contribution is 7.89. The number of methoxy groups -OCH3 is 2. The van der Waals surface area contributed by atoms with Crippen molar-refractivity contribution in [1.29, 1.82) is 0 Å². The van der Waals surface area contributed by atoms with Crippen LogP contribution < -0.4 is 0 Å². The lowest BCUT2D eigenvalue weighted by Gasteiger charge is -2.21. The van der Waals surface area contributed by atoms with Crippen LogP contribution in [0.1, 0.15) is 5.56 Å². The van der Waals surface area contributed by atoms with Crippen LogP contribution in [0.2, 0.25) is 0 Å². The van der Waals surface area contributed by atoms with E-state index < -0.39 is 14.9 Å². The van der Waals surface area contributed by atoms with Gasteiger partial charge in [0, 0.05) is 38.9 Å². The van der Waals surface area contributed by atoms with E-state index in [9.17, 15) is 18.5 Å². The van der Waals surface area contributed by atoms with Gasteiger partial charge >= 0.3 is 0 Å². The minimum absolute atomic E-state index is 0.114. The van der Waals surface area contributed by atoms with Crippen LogP contribution in [0.15, 0.2) is 23.1 Å². The minimum atomic E-state index is -3.85. The molecule has 0 fully saturated rings. The van der Waals surface area contributed by atoms with E-state index in [1.54, 1.807) is 6.92 Å². The highest BCUT2D eigenvalue weighted by Crippen LogP contribution is 2.24. The fraction of sp³-hybridized carbons (Fsp3) is 0.538. The molecule has 0 aromatic heterocycles. The second kappa shape index (κ2) is 8.18. The summed E-state index contributed by atoms with van der Waals surface area (Å²) in [6, 6.07) is 3.87. The Hall–Kier alpha value is -1.55. The SMILES string of the molecule is COCCN(CCOC)S(=O)(=O)c1ccc(C)c([N+](=O)[O-])c1. The van der Waals surface area contributed by atoms with Gasteiger partial charge in [-0.1, -0.05) is 6.07 Å². The molecule has 0 radical (unpaired) electrons. The van der Waals surface area contributed by atoms with Gasteiger partial charge in [-0.2, -0.15) is 4.31 Å². The first kappa shape index (κ1) is 18.5. The summed E-state index contributed by atoms with van der Waals surface area (Å²) in [6.45, 7) is 2.28. The molecule has 0 saturated heterocycles. The van der Waals surface area contributed by atoms with Gasteiger partial charge in [0.2, 0.25) is 10.0 Å². The molecule has 124 valence electrons. The van der Waals surface area contributed by atoms with Crippen LogP contribution in [0.5, 0.6) is 0 Å². The molecule has 0 heterocycles.